The molecule has 1 nitrogen and oxygen atoms in total. The second kappa shape index (κ2) is 3.97. The molecule has 1 heterocycles. The second-order valence-corrected chi connectivity index (χ2v) is 3.80. The topological polar surface area (TPSA) is 9.23 Å². The van der Waals surface area contributed by atoms with Crippen LogP contribution in [0.3, 0.4) is 0 Å². The lowest BCUT2D eigenvalue weighted by atomic mass is 9.91. The maximum Gasteiger partial charge on any atom is 0.101 e. The lowest BCUT2D eigenvalue weighted by molar-refractivity contribution is 0.0439. The van der Waals surface area contributed by atoms with Crippen molar-refractivity contribution in [3.63, 3.8) is 0 Å². The molecule has 0 aromatic rings. The van der Waals surface area contributed by atoms with Crippen LogP contribution in [0.4, 0.5) is 0 Å². The van der Waals surface area contributed by atoms with E-state index in [1.807, 2.05) is 0 Å². The van der Waals surface area contributed by atoms with Crippen LogP contribution in [0, 0.1) is 5.92 Å². The molecule has 1 rings (SSSR count). The molecule has 2 atom stereocenters. The summed E-state index contributed by atoms with van der Waals surface area (Å²) in [6.07, 6.45) is 3.87. The Balaban J connectivity index is 2.70. The highest BCUT2D eigenvalue weighted by Gasteiger charge is 2.24. The Morgan fingerprint density at radius 2 is 2.08 bits per heavy atom. The summed E-state index contributed by atoms with van der Waals surface area (Å²) in [5.41, 5.74) is 1.45. The van der Waals surface area contributed by atoms with Crippen LogP contribution in [-0.2, 0) is 4.74 Å². The van der Waals surface area contributed by atoms with Gasteiger partial charge in [0, 0.05) is 6.42 Å². The van der Waals surface area contributed by atoms with Crippen LogP contribution in [0.25, 0.3) is 0 Å². The molecule has 0 radical (unpaired) electrons. The van der Waals surface area contributed by atoms with Crippen molar-refractivity contribution < 1.29 is 4.74 Å². The predicted molar refractivity (Wildman–Crippen MR) is 51.9 cm³/mol. The maximum absolute atomic E-state index is 5.89. The molecule has 70 valence electrons. The van der Waals surface area contributed by atoms with Gasteiger partial charge < -0.3 is 4.74 Å². The molecule has 0 saturated heterocycles. The van der Waals surface area contributed by atoms with E-state index in [1.54, 1.807) is 0 Å². The highest BCUT2D eigenvalue weighted by molar-refractivity contribution is 5.10. The number of ether oxygens (including phenoxy) is 1. The Hall–Kier alpha value is -0.460. The monoisotopic (exact) mass is 168 g/mol. The van der Waals surface area contributed by atoms with Crippen LogP contribution in [0.15, 0.2) is 11.3 Å². The fourth-order valence-corrected chi connectivity index (χ4v) is 2.00. The minimum Gasteiger partial charge on any atom is -0.495 e. The smallest absolute Gasteiger partial charge is 0.101 e. The molecule has 0 N–H and O–H groups in total. The lowest BCUT2D eigenvalue weighted by Crippen LogP contribution is -2.25. The first-order chi connectivity index (χ1) is 5.69. The standard InChI is InChI=1S/C11H20O/c1-5-10-8(3)7-9(4)11(6-2)12-10/h8,10H,5-7H2,1-4H3. The van der Waals surface area contributed by atoms with E-state index in [0.29, 0.717) is 12.0 Å². The van der Waals surface area contributed by atoms with Crippen molar-refractivity contribution in [3.8, 4) is 0 Å². The summed E-state index contributed by atoms with van der Waals surface area (Å²) in [5.74, 6) is 1.94. The number of hydrogen-bond acceptors (Lipinski definition) is 1. The fraction of sp³-hybridized carbons (Fsp3) is 0.818. The molecular weight excluding hydrogens is 148 g/mol. The average Bonchev–Trinajstić information content (AvgIpc) is 2.05. The van der Waals surface area contributed by atoms with Gasteiger partial charge in [-0.2, -0.15) is 0 Å². The van der Waals surface area contributed by atoms with Crippen molar-refractivity contribution in [2.24, 2.45) is 5.92 Å². The van der Waals surface area contributed by atoms with Crippen molar-refractivity contribution in [2.75, 3.05) is 0 Å². The van der Waals surface area contributed by atoms with Crippen molar-refractivity contribution in [1.29, 1.82) is 0 Å². The zero-order valence-electron chi connectivity index (χ0n) is 8.68. The van der Waals surface area contributed by atoms with Gasteiger partial charge in [0.1, 0.15) is 6.10 Å². The van der Waals surface area contributed by atoms with Gasteiger partial charge in [0.15, 0.2) is 0 Å². The molecule has 0 amide bonds. The molecule has 1 heteroatoms. The molecule has 1 aliphatic rings. The van der Waals surface area contributed by atoms with E-state index in [-0.39, 0.29) is 0 Å². The van der Waals surface area contributed by atoms with E-state index in [4.69, 9.17) is 4.74 Å². The van der Waals surface area contributed by atoms with E-state index in [1.165, 1.54) is 17.8 Å². The Bertz CT molecular complexity index is 181. The van der Waals surface area contributed by atoms with Gasteiger partial charge in [0.05, 0.1) is 5.76 Å². The van der Waals surface area contributed by atoms with Crippen molar-refractivity contribution in [1.82, 2.24) is 0 Å². The quantitative estimate of drug-likeness (QED) is 0.613. The minimum atomic E-state index is 0.462. The van der Waals surface area contributed by atoms with E-state index in [2.05, 4.69) is 27.7 Å². The molecule has 0 aromatic carbocycles. The summed E-state index contributed by atoms with van der Waals surface area (Å²) in [5, 5.41) is 0. The lowest BCUT2D eigenvalue weighted by Gasteiger charge is -2.31. The summed E-state index contributed by atoms with van der Waals surface area (Å²) in [4.78, 5) is 0. The molecule has 1 aliphatic heterocycles. The van der Waals surface area contributed by atoms with Gasteiger partial charge in [-0.25, -0.2) is 0 Å². The minimum absolute atomic E-state index is 0.462. The molecule has 2 unspecified atom stereocenters. The third kappa shape index (κ3) is 1.82. The largest absolute Gasteiger partial charge is 0.495 e. The normalized spacial score (nSPS) is 30.3. The molecule has 0 aromatic heterocycles. The summed E-state index contributed by atoms with van der Waals surface area (Å²) in [6, 6.07) is 0. The van der Waals surface area contributed by atoms with Crippen LogP contribution >= 0.6 is 0 Å². The first-order valence-corrected chi connectivity index (χ1v) is 5.04. The molecule has 0 fully saturated rings. The van der Waals surface area contributed by atoms with Crippen LogP contribution < -0.4 is 0 Å². The van der Waals surface area contributed by atoms with Crippen LogP contribution in [-0.4, -0.2) is 6.10 Å². The first kappa shape index (κ1) is 9.63. The van der Waals surface area contributed by atoms with Crippen molar-refractivity contribution >= 4 is 0 Å². The highest BCUT2D eigenvalue weighted by atomic mass is 16.5. The number of rotatable bonds is 2. The van der Waals surface area contributed by atoms with Gasteiger partial charge in [-0.1, -0.05) is 20.8 Å². The molecular formula is C11H20O. The SMILES string of the molecule is CCC1=C(C)CC(C)C(CC)O1. The van der Waals surface area contributed by atoms with Gasteiger partial charge in [0.2, 0.25) is 0 Å². The van der Waals surface area contributed by atoms with Gasteiger partial charge in [-0.05, 0) is 31.3 Å². The van der Waals surface area contributed by atoms with E-state index in [0.717, 1.165) is 12.8 Å². The van der Waals surface area contributed by atoms with Crippen LogP contribution in [0.2, 0.25) is 0 Å². The van der Waals surface area contributed by atoms with Gasteiger partial charge >= 0.3 is 0 Å². The summed E-state index contributed by atoms with van der Waals surface area (Å²) in [7, 11) is 0. The van der Waals surface area contributed by atoms with E-state index >= 15 is 0 Å². The Labute approximate surface area is 75.8 Å². The zero-order chi connectivity index (χ0) is 9.14. The third-order valence-corrected chi connectivity index (χ3v) is 2.76. The maximum atomic E-state index is 5.89. The summed E-state index contributed by atoms with van der Waals surface area (Å²) >= 11 is 0. The summed E-state index contributed by atoms with van der Waals surface area (Å²) < 4.78 is 5.89. The first-order valence-electron chi connectivity index (χ1n) is 5.04. The molecule has 0 aliphatic carbocycles. The van der Waals surface area contributed by atoms with E-state index < -0.39 is 0 Å². The zero-order valence-corrected chi connectivity index (χ0v) is 8.68. The predicted octanol–water partition coefficient (Wildman–Crippen LogP) is 3.51. The van der Waals surface area contributed by atoms with Crippen LogP contribution in [0.5, 0.6) is 0 Å². The van der Waals surface area contributed by atoms with E-state index in [9.17, 15) is 0 Å². The van der Waals surface area contributed by atoms with Crippen molar-refractivity contribution in [2.45, 2.75) is 53.1 Å². The Morgan fingerprint density at radius 1 is 1.42 bits per heavy atom. The van der Waals surface area contributed by atoms with Gasteiger partial charge in [-0.3, -0.25) is 0 Å². The van der Waals surface area contributed by atoms with Crippen LogP contribution in [0.1, 0.15) is 47.0 Å². The second-order valence-electron chi connectivity index (χ2n) is 3.80. The third-order valence-electron chi connectivity index (χ3n) is 2.76. The van der Waals surface area contributed by atoms with Gasteiger partial charge in [-0.15, -0.1) is 0 Å². The molecule has 12 heavy (non-hydrogen) atoms. The molecule has 0 saturated carbocycles. The van der Waals surface area contributed by atoms with Gasteiger partial charge in [0.25, 0.3) is 0 Å². The number of hydrogen-bond donors (Lipinski definition) is 0. The Morgan fingerprint density at radius 3 is 2.58 bits per heavy atom. The fourth-order valence-electron chi connectivity index (χ4n) is 2.00. The summed E-state index contributed by atoms with van der Waals surface area (Å²) in [6.45, 7) is 8.85. The Kier molecular flexibility index (Phi) is 3.19. The number of allylic oxidation sites excluding steroid dienone is 2. The molecule has 0 bridgehead atoms. The molecule has 0 spiro atoms. The highest BCUT2D eigenvalue weighted by Crippen LogP contribution is 2.30. The average molecular weight is 168 g/mol. The van der Waals surface area contributed by atoms with Crippen molar-refractivity contribution in [3.05, 3.63) is 11.3 Å².